The van der Waals surface area contributed by atoms with Crippen LogP contribution in [0.5, 0.6) is 11.5 Å². The first kappa shape index (κ1) is 17.4. The second kappa shape index (κ2) is 7.69. The van der Waals surface area contributed by atoms with Crippen molar-refractivity contribution >= 4 is 17.5 Å². The van der Waals surface area contributed by atoms with E-state index >= 15 is 0 Å². The number of benzene rings is 1. The zero-order valence-electron chi connectivity index (χ0n) is 14.9. The monoisotopic (exact) mass is 370 g/mol. The number of fused-ring (bicyclic) bond motifs is 1. The van der Waals surface area contributed by atoms with Gasteiger partial charge in [0.2, 0.25) is 5.91 Å². The third-order valence-corrected chi connectivity index (χ3v) is 4.73. The Kier molecular flexibility index (Phi) is 4.95. The second-order valence-electron chi connectivity index (χ2n) is 6.76. The summed E-state index contributed by atoms with van der Waals surface area (Å²) in [7, 11) is 0. The summed E-state index contributed by atoms with van der Waals surface area (Å²) in [5.74, 6) is 0.635. The largest absolute Gasteiger partial charge is 0.486 e. The molecule has 2 aromatic rings. The average molecular weight is 370 g/mol. The Hall–Kier alpha value is -3.03. The van der Waals surface area contributed by atoms with Gasteiger partial charge in [-0.15, -0.1) is 0 Å². The van der Waals surface area contributed by atoms with E-state index in [0.717, 1.165) is 12.8 Å². The van der Waals surface area contributed by atoms with Crippen LogP contribution in [0.2, 0.25) is 0 Å². The number of ether oxygens (including phenoxy) is 2. The molecular formula is C19H22N4O4. The SMILES string of the molecule is O=C(Cn1cc(NC(=O)c2cccc3c2OCCO3)cn1)NC1CCCC1. The molecule has 1 aromatic heterocycles. The molecule has 1 fully saturated rings. The summed E-state index contributed by atoms with van der Waals surface area (Å²) in [6.07, 6.45) is 7.58. The van der Waals surface area contributed by atoms with Crippen molar-refractivity contribution in [3.63, 3.8) is 0 Å². The molecule has 4 rings (SSSR count). The van der Waals surface area contributed by atoms with Crippen molar-refractivity contribution in [3.05, 3.63) is 36.2 Å². The Labute approximate surface area is 156 Å². The zero-order valence-corrected chi connectivity index (χ0v) is 14.9. The van der Waals surface area contributed by atoms with Gasteiger partial charge in [0.1, 0.15) is 19.8 Å². The Balaban J connectivity index is 1.38. The number of hydrogen-bond acceptors (Lipinski definition) is 5. The van der Waals surface area contributed by atoms with Crippen molar-refractivity contribution in [2.45, 2.75) is 38.3 Å². The highest BCUT2D eigenvalue weighted by molar-refractivity contribution is 6.06. The summed E-state index contributed by atoms with van der Waals surface area (Å²) in [5.41, 5.74) is 0.918. The predicted octanol–water partition coefficient (Wildman–Crippen LogP) is 1.97. The van der Waals surface area contributed by atoms with E-state index in [0.29, 0.717) is 36.0 Å². The Morgan fingerprint density at radius 1 is 1.19 bits per heavy atom. The lowest BCUT2D eigenvalue weighted by Crippen LogP contribution is -2.35. The molecule has 0 spiro atoms. The van der Waals surface area contributed by atoms with E-state index < -0.39 is 0 Å². The van der Waals surface area contributed by atoms with Crippen LogP contribution in [0.25, 0.3) is 0 Å². The molecule has 8 nitrogen and oxygen atoms in total. The van der Waals surface area contributed by atoms with Crippen LogP contribution < -0.4 is 20.1 Å². The highest BCUT2D eigenvalue weighted by Gasteiger charge is 2.21. The van der Waals surface area contributed by atoms with E-state index in [2.05, 4.69) is 15.7 Å². The molecule has 27 heavy (non-hydrogen) atoms. The number of amides is 2. The molecule has 142 valence electrons. The van der Waals surface area contributed by atoms with Crippen LogP contribution in [0.4, 0.5) is 5.69 Å². The number of hydrogen-bond donors (Lipinski definition) is 2. The predicted molar refractivity (Wildman–Crippen MR) is 98.0 cm³/mol. The quantitative estimate of drug-likeness (QED) is 0.839. The lowest BCUT2D eigenvalue weighted by Gasteiger charge is -2.20. The summed E-state index contributed by atoms with van der Waals surface area (Å²) < 4.78 is 12.6. The molecule has 1 aliphatic heterocycles. The van der Waals surface area contributed by atoms with Crippen LogP contribution in [0, 0.1) is 0 Å². The second-order valence-corrected chi connectivity index (χ2v) is 6.76. The number of nitrogens with zero attached hydrogens (tertiary/aromatic N) is 2. The summed E-state index contributed by atoms with van der Waals surface area (Å²) in [4.78, 5) is 24.7. The molecule has 0 saturated heterocycles. The minimum absolute atomic E-state index is 0.0643. The Bertz CT molecular complexity index is 842. The normalized spacial score (nSPS) is 16.1. The van der Waals surface area contributed by atoms with Crippen LogP contribution in [0.15, 0.2) is 30.6 Å². The number of para-hydroxylation sites is 1. The van der Waals surface area contributed by atoms with Gasteiger partial charge in [0.15, 0.2) is 11.5 Å². The van der Waals surface area contributed by atoms with Gasteiger partial charge in [-0.25, -0.2) is 0 Å². The molecule has 2 aliphatic rings. The molecule has 0 unspecified atom stereocenters. The number of rotatable bonds is 5. The molecule has 2 heterocycles. The maximum atomic E-state index is 12.6. The average Bonchev–Trinajstić information content (AvgIpc) is 3.33. The maximum Gasteiger partial charge on any atom is 0.259 e. The summed E-state index contributed by atoms with van der Waals surface area (Å²) in [6.45, 7) is 1.00. The molecule has 2 amide bonds. The van der Waals surface area contributed by atoms with Gasteiger partial charge in [-0.05, 0) is 25.0 Å². The van der Waals surface area contributed by atoms with E-state index in [-0.39, 0.29) is 24.4 Å². The smallest absolute Gasteiger partial charge is 0.259 e. The number of carbonyl (C=O) groups is 2. The molecule has 0 radical (unpaired) electrons. The van der Waals surface area contributed by atoms with E-state index in [9.17, 15) is 9.59 Å². The van der Waals surface area contributed by atoms with E-state index in [1.54, 1.807) is 24.4 Å². The van der Waals surface area contributed by atoms with Crippen molar-refractivity contribution in [1.29, 1.82) is 0 Å². The summed E-state index contributed by atoms with van der Waals surface area (Å²) >= 11 is 0. The third-order valence-electron chi connectivity index (χ3n) is 4.73. The van der Waals surface area contributed by atoms with Crippen LogP contribution >= 0.6 is 0 Å². The number of carbonyl (C=O) groups excluding carboxylic acids is 2. The molecule has 2 N–H and O–H groups in total. The van der Waals surface area contributed by atoms with Gasteiger partial charge >= 0.3 is 0 Å². The van der Waals surface area contributed by atoms with Crippen molar-refractivity contribution in [2.75, 3.05) is 18.5 Å². The van der Waals surface area contributed by atoms with Gasteiger partial charge in [0.05, 0.1) is 17.4 Å². The number of aromatic nitrogens is 2. The molecule has 0 bridgehead atoms. The molecule has 8 heteroatoms. The van der Waals surface area contributed by atoms with Gasteiger partial charge < -0.3 is 20.1 Å². The lowest BCUT2D eigenvalue weighted by molar-refractivity contribution is -0.122. The third kappa shape index (κ3) is 4.05. The first-order valence-corrected chi connectivity index (χ1v) is 9.21. The molecule has 0 atom stereocenters. The Morgan fingerprint density at radius 2 is 2.00 bits per heavy atom. The lowest BCUT2D eigenvalue weighted by atomic mass is 10.1. The van der Waals surface area contributed by atoms with Gasteiger partial charge in [-0.1, -0.05) is 18.9 Å². The van der Waals surface area contributed by atoms with Crippen molar-refractivity contribution < 1.29 is 19.1 Å². The van der Waals surface area contributed by atoms with Gasteiger partial charge in [0.25, 0.3) is 5.91 Å². The topological polar surface area (TPSA) is 94.5 Å². The van der Waals surface area contributed by atoms with Gasteiger partial charge in [-0.2, -0.15) is 5.10 Å². The first-order valence-electron chi connectivity index (χ1n) is 9.21. The maximum absolute atomic E-state index is 12.6. The fourth-order valence-electron chi connectivity index (χ4n) is 3.46. The fraction of sp³-hybridized carbons (Fsp3) is 0.421. The molecule has 1 saturated carbocycles. The van der Waals surface area contributed by atoms with Crippen molar-refractivity contribution in [3.8, 4) is 11.5 Å². The van der Waals surface area contributed by atoms with E-state index in [1.807, 2.05) is 0 Å². The fourth-order valence-corrected chi connectivity index (χ4v) is 3.46. The zero-order chi connectivity index (χ0) is 18.6. The Morgan fingerprint density at radius 3 is 2.85 bits per heavy atom. The summed E-state index contributed by atoms with van der Waals surface area (Å²) in [5, 5.41) is 9.96. The van der Waals surface area contributed by atoms with Gasteiger partial charge in [-0.3, -0.25) is 14.3 Å². The van der Waals surface area contributed by atoms with E-state index in [1.165, 1.54) is 23.7 Å². The standard InChI is InChI=1S/C19H22N4O4/c24-17(21-13-4-1-2-5-13)12-23-11-14(10-20-23)22-19(25)15-6-3-7-16-18(15)27-9-8-26-16/h3,6-7,10-11,13H,1-2,4-5,8-9,12H2,(H,21,24)(H,22,25). The number of anilines is 1. The highest BCUT2D eigenvalue weighted by Crippen LogP contribution is 2.33. The number of nitrogens with one attached hydrogen (secondary N) is 2. The van der Waals surface area contributed by atoms with Crippen molar-refractivity contribution in [2.24, 2.45) is 0 Å². The van der Waals surface area contributed by atoms with Gasteiger partial charge in [0, 0.05) is 12.2 Å². The minimum atomic E-state index is -0.313. The first-order chi connectivity index (χ1) is 13.2. The molecular weight excluding hydrogens is 348 g/mol. The molecule has 1 aliphatic carbocycles. The summed E-state index contributed by atoms with van der Waals surface area (Å²) in [6, 6.07) is 5.48. The van der Waals surface area contributed by atoms with Crippen LogP contribution in [0.3, 0.4) is 0 Å². The van der Waals surface area contributed by atoms with Crippen molar-refractivity contribution in [1.82, 2.24) is 15.1 Å². The molecule has 1 aromatic carbocycles. The van der Waals surface area contributed by atoms with E-state index in [4.69, 9.17) is 9.47 Å². The van der Waals surface area contributed by atoms with Crippen LogP contribution in [-0.4, -0.2) is 40.9 Å². The highest BCUT2D eigenvalue weighted by atomic mass is 16.6. The van der Waals surface area contributed by atoms with Crippen LogP contribution in [0.1, 0.15) is 36.0 Å². The minimum Gasteiger partial charge on any atom is -0.486 e. The van der Waals surface area contributed by atoms with Crippen LogP contribution in [-0.2, 0) is 11.3 Å².